The fraction of sp³-hybridized carbons (Fsp3) is 0.462. The molecule has 2 rings (SSSR count). The van der Waals surface area contributed by atoms with Gasteiger partial charge in [0.2, 0.25) is 0 Å². The minimum Gasteiger partial charge on any atom is -0.481 e. The van der Waals surface area contributed by atoms with E-state index < -0.39 is 5.97 Å². The molecule has 1 unspecified atom stereocenters. The van der Waals surface area contributed by atoms with E-state index in [1.165, 1.54) is 11.1 Å². The Morgan fingerprint density at radius 2 is 2.35 bits per heavy atom. The van der Waals surface area contributed by atoms with E-state index in [1.807, 2.05) is 19.2 Å². The number of nitrogens with zero attached hydrogens (tertiary/aromatic N) is 1. The molecule has 1 aliphatic rings. The second kappa shape index (κ2) is 5.07. The maximum atomic E-state index is 10.6. The Morgan fingerprint density at radius 3 is 3.06 bits per heavy atom. The number of halogens is 1. The number of carboxylic acid groups (broad SMARTS) is 1. The van der Waals surface area contributed by atoms with Crippen LogP contribution in [0.3, 0.4) is 0 Å². The average molecular weight is 254 g/mol. The first-order valence-electron chi connectivity index (χ1n) is 5.79. The zero-order valence-electron chi connectivity index (χ0n) is 9.82. The van der Waals surface area contributed by atoms with Gasteiger partial charge in [0.15, 0.2) is 0 Å². The first kappa shape index (κ1) is 12.4. The van der Waals surface area contributed by atoms with Crippen molar-refractivity contribution in [3.05, 3.63) is 34.3 Å². The number of carboxylic acids is 1. The molecule has 0 fully saturated rings. The molecule has 0 heterocycles. The lowest BCUT2D eigenvalue weighted by atomic mass is 10.1. The minimum atomic E-state index is -0.749. The van der Waals surface area contributed by atoms with Gasteiger partial charge in [-0.25, -0.2) is 0 Å². The van der Waals surface area contributed by atoms with Crippen LogP contribution in [0, 0.1) is 0 Å². The van der Waals surface area contributed by atoms with E-state index in [0.717, 1.165) is 17.9 Å². The van der Waals surface area contributed by atoms with Crippen molar-refractivity contribution in [2.45, 2.75) is 25.3 Å². The first-order valence-corrected chi connectivity index (χ1v) is 6.16. The molecular formula is C13H16ClNO2. The fourth-order valence-corrected chi connectivity index (χ4v) is 2.75. The Morgan fingerprint density at radius 1 is 1.59 bits per heavy atom. The van der Waals surface area contributed by atoms with Crippen molar-refractivity contribution in [3.63, 3.8) is 0 Å². The summed E-state index contributed by atoms with van der Waals surface area (Å²) in [4.78, 5) is 12.7. The summed E-state index contributed by atoms with van der Waals surface area (Å²) in [5, 5.41) is 9.53. The molecule has 1 aromatic rings. The SMILES string of the molecule is CN(CCC(=O)O)C1CCc2c(Cl)cccc21. The number of hydrogen-bond acceptors (Lipinski definition) is 2. The number of benzene rings is 1. The van der Waals surface area contributed by atoms with Gasteiger partial charge in [-0.15, -0.1) is 0 Å². The van der Waals surface area contributed by atoms with Gasteiger partial charge in [0.05, 0.1) is 6.42 Å². The van der Waals surface area contributed by atoms with Gasteiger partial charge in [-0.2, -0.15) is 0 Å². The van der Waals surface area contributed by atoms with E-state index in [-0.39, 0.29) is 6.42 Å². The Bertz CT molecular complexity index is 433. The molecule has 0 saturated heterocycles. The molecule has 1 aromatic carbocycles. The van der Waals surface area contributed by atoms with E-state index in [0.29, 0.717) is 12.6 Å². The van der Waals surface area contributed by atoms with Gasteiger partial charge in [0, 0.05) is 17.6 Å². The van der Waals surface area contributed by atoms with Gasteiger partial charge < -0.3 is 5.11 Å². The lowest BCUT2D eigenvalue weighted by molar-refractivity contribution is -0.137. The second-order valence-electron chi connectivity index (χ2n) is 4.49. The number of aliphatic carboxylic acids is 1. The molecule has 3 nitrogen and oxygen atoms in total. The highest BCUT2D eigenvalue weighted by Gasteiger charge is 2.27. The molecule has 0 amide bonds. The number of carbonyl (C=O) groups is 1. The minimum absolute atomic E-state index is 0.183. The molecule has 1 atom stereocenters. The zero-order chi connectivity index (χ0) is 12.4. The van der Waals surface area contributed by atoms with Crippen LogP contribution < -0.4 is 0 Å². The van der Waals surface area contributed by atoms with Crippen LogP contribution in [0.25, 0.3) is 0 Å². The van der Waals surface area contributed by atoms with E-state index >= 15 is 0 Å². The monoisotopic (exact) mass is 253 g/mol. The third-order valence-electron chi connectivity index (χ3n) is 3.39. The highest BCUT2D eigenvalue weighted by molar-refractivity contribution is 6.31. The maximum absolute atomic E-state index is 10.6. The highest BCUT2D eigenvalue weighted by atomic mass is 35.5. The molecular weight excluding hydrogens is 238 g/mol. The number of fused-ring (bicyclic) bond motifs is 1. The average Bonchev–Trinajstić information content (AvgIpc) is 2.71. The maximum Gasteiger partial charge on any atom is 0.304 e. The normalized spacial score (nSPS) is 18.4. The lowest BCUT2D eigenvalue weighted by Gasteiger charge is -2.24. The predicted molar refractivity (Wildman–Crippen MR) is 67.4 cm³/mol. The molecule has 92 valence electrons. The Hall–Kier alpha value is -1.06. The van der Waals surface area contributed by atoms with E-state index in [1.54, 1.807) is 0 Å². The molecule has 0 bridgehead atoms. The summed E-state index contributed by atoms with van der Waals surface area (Å²) in [7, 11) is 1.98. The third-order valence-corrected chi connectivity index (χ3v) is 3.75. The Labute approximate surface area is 106 Å². The summed E-state index contributed by atoms with van der Waals surface area (Å²) < 4.78 is 0. The van der Waals surface area contributed by atoms with Crippen LogP contribution in [0.1, 0.15) is 30.0 Å². The molecule has 0 saturated carbocycles. The van der Waals surface area contributed by atoms with Crippen molar-refractivity contribution >= 4 is 17.6 Å². The van der Waals surface area contributed by atoms with Gasteiger partial charge in [0.1, 0.15) is 0 Å². The highest BCUT2D eigenvalue weighted by Crippen LogP contribution is 2.38. The van der Waals surface area contributed by atoms with Crippen molar-refractivity contribution < 1.29 is 9.90 Å². The van der Waals surface area contributed by atoms with Crippen LogP contribution >= 0.6 is 11.6 Å². The number of rotatable bonds is 4. The summed E-state index contributed by atoms with van der Waals surface area (Å²) in [6.07, 6.45) is 2.19. The van der Waals surface area contributed by atoms with Gasteiger partial charge in [-0.05, 0) is 37.1 Å². The van der Waals surface area contributed by atoms with Crippen molar-refractivity contribution in [1.29, 1.82) is 0 Å². The number of hydrogen-bond donors (Lipinski definition) is 1. The molecule has 0 spiro atoms. The van der Waals surface area contributed by atoms with Gasteiger partial charge in [-0.1, -0.05) is 23.7 Å². The molecule has 0 radical (unpaired) electrons. The third kappa shape index (κ3) is 2.61. The zero-order valence-corrected chi connectivity index (χ0v) is 10.6. The van der Waals surface area contributed by atoms with Crippen molar-refractivity contribution in [2.75, 3.05) is 13.6 Å². The van der Waals surface area contributed by atoms with Crippen molar-refractivity contribution in [2.24, 2.45) is 0 Å². The molecule has 17 heavy (non-hydrogen) atoms. The molecule has 1 N–H and O–H groups in total. The van der Waals surface area contributed by atoms with Crippen LogP contribution in [0.4, 0.5) is 0 Å². The van der Waals surface area contributed by atoms with Crippen molar-refractivity contribution in [1.82, 2.24) is 4.90 Å². The summed E-state index contributed by atoms with van der Waals surface area (Å²) in [5.41, 5.74) is 2.48. The van der Waals surface area contributed by atoms with Crippen LogP contribution in [0.15, 0.2) is 18.2 Å². The summed E-state index contributed by atoms with van der Waals surface area (Å²) in [6, 6.07) is 6.28. The van der Waals surface area contributed by atoms with Gasteiger partial charge in [-0.3, -0.25) is 9.69 Å². The van der Waals surface area contributed by atoms with Gasteiger partial charge >= 0.3 is 5.97 Å². The van der Waals surface area contributed by atoms with Crippen LogP contribution in [0.2, 0.25) is 5.02 Å². The lowest BCUT2D eigenvalue weighted by Crippen LogP contribution is -2.25. The summed E-state index contributed by atoms with van der Waals surface area (Å²) in [5.74, 6) is -0.749. The quantitative estimate of drug-likeness (QED) is 0.897. The van der Waals surface area contributed by atoms with Crippen LogP contribution in [-0.2, 0) is 11.2 Å². The molecule has 4 heteroatoms. The predicted octanol–water partition coefficient (Wildman–Crippen LogP) is 2.73. The van der Waals surface area contributed by atoms with Gasteiger partial charge in [0.25, 0.3) is 0 Å². The second-order valence-corrected chi connectivity index (χ2v) is 4.89. The van der Waals surface area contributed by atoms with E-state index in [2.05, 4.69) is 11.0 Å². The largest absolute Gasteiger partial charge is 0.481 e. The van der Waals surface area contributed by atoms with Crippen molar-refractivity contribution in [3.8, 4) is 0 Å². The first-order chi connectivity index (χ1) is 8.09. The molecule has 0 aliphatic heterocycles. The smallest absolute Gasteiger partial charge is 0.304 e. The summed E-state index contributed by atoms with van der Waals surface area (Å²) >= 11 is 6.15. The topological polar surface area (TPSA) is 40.5 Å². The molecule has 1 aliphatic carbocycles. The Kier molecular flexibility index (Phi) is 3.69. The van der Waals surface area contributed by atoms with E-state index in [4.69, 9.17) is 16.7 Å². The van der Waals surface area contributed by atoms with Crippen LogP contribution in [0.5, 0.6) is 0 Å². The Balaban J connectivity index is 2.11. The molecule has 0 aromatic heterocycles. The standard InChI is InChI=1S/C13H16ClNO2/c1-15(8-7-13(16)17)12-6-5-9-10(12)3-2-4-11(9)14/h2-4,12H,5-8H2,1H3,(H,16,17). The van der Waals surface area contributed by atoms with E-state index in [9.17, 15) is 4.79 Å². The summed E-state index contributed by atoms with van der Waals surface area (Å²) in [6.45, 7) is 0.575. The fourth-order valence-electron chi connectivity index (χ4n) is 2.47. The van der Waals surface area contributed by atoms with Crippen LogP contribution in [-0.4, -0.2) is 29.6 Å².